The normalized spacial score (nSPS) is 13.2. The van der Waals surface area contributed by atoms with Gasteiger partial charge in [-0.25, -0.2) is 4.98 Å². The maximum Gasteiger partial charge on any atom is 0.229 e. The van der Waals surface area contributed by atoms with Gasteiger partial charge >= 0.3 is 0 Å². The number of benzene rings is 2. The van der Waals surface area contributed by atoms with Crippen LogP contribution in [0.2, 0.25) is 0 Å². The highest BCUT2D eigenvalue weighted by Crippen LogP contribution is 2.33. The Balaban J connectivity index is 1.42. The Bertz CT molecular complexity index is 1150. The van der Waals surface area contributed by atoms with E-state index >= 15 is 0 Å². The zero-order chi connectivity index (χ0) is 19.6. The van der Waals surface area contributed by atoms with Crippen LogP contribution in [0.3, 0.4) is 0 Å². The molecular formula is C22H22N6O. The Labute approximate surface area is 168 Å². The van der Waals surface area contributed by atoms with E-state index in [9.17, 15) is 5.11 Å². The first-order valence-electron chi connectivity index (χ1n) is 9.72. The SMILES string of the molecule is OCCn1ccc2cc(Nc3nccc(N4CCNc5ccccc54)n3)ccc21. The van der Waals surface area contributed by atoms with Crippen molar-refractivity contribution in [3.63, 3.8) is 0 Å². The van der Waals surface area contributed by atoms with Gasteiger partial charge < -0.3 is 25.2 Å². The summed E-state index contributed by atoms with van der Waals surface area (Å²) in [5, 5.41) is 17.0. The van der Waals surface area contributed by atoms with E-state index < -0.39 is 0 Å². The summed E-state index contributed by atoms with van der Waals surface area (Å²) < 4.78 is 2.04. The minimum absolute atomic E-state index is 0.125. The maximum absolute atomic E-state index is 9.18. The van der Waals surface area contributed by atoms with E-state index in [1.165, 1.54) is 0 Å². The number of nitrogens with zero attached hydrogens (tertiary/aromatic N) is 4. The molecule has 0 saturated carbocycles. The highest BCUT2D eigenvalue weighted by Gasteiger charge is 2.18. The van der Waals surface area contributed by atoms with Gasteiger partial charge in [0, 0.05) is 48.6 Å². The lowest BCUT2D eigenvalue weighted by molar-refractivity contribution is 0.278. The van der Waals surface area contributed by atoms with Gasteiger partial charge in [0.15, 0.2) is 0 Å². The molecule has 0 aliphatic carbocycles. The van der Waals surface area contributed by atoms with Crippen LogP contribution < -0.4 is 15.5 Å². The van der Waals surface area contributed by atoms with Crippen LogP contribution in [0.4, 0.5) is 28.8 Å². The summed E-state index contributed by atoms with van der Waals surface area (Å²) in [6, 6.07) is 18.4. The number of aliphatic hydroxyl groups is 1. The van der Waals surface area contributed by atoms with Gasteiger partial charge in [-0.15, -0.1) is 0 Å². The van der Waals surface area contributed by atoms with Crippen molar-refractivity contribution in [2.24, 2.45) is 0 Å². The van der Waals surface area contributed by atoms with Crippen molar-refractivity contribution >= 4 is 39.7 Å². The average Bonchev–Trinajstić information content (AvgIpc) is 3.16. The first-order chi connectivity index (χ1) is 14.3. The molecule has 3 heterocycles. The van der Waals surface area contributed by atoms with Crippen molar-refractivity contribution in [1.29, 1.82) is 0 Å². The fourth-order valence-electron chi connectivity index (χ4n) is 3.79. The van der Waals surface area contributed by atoms with E-state index in [2.05, 4.69) is 38.7 Å². The summed E-state index contributed by atoms with van der Waals surface area (Å²) in [5.74, 6) is 1.43. The van der Waals surface area contributed by atoms with Crippen LogP contribution in [0, 0.1) is 0 Å². The standard InChI is InChI=1S/C22H22N6O/c29-14-13-27-11-8-16-15-17(5-6-19(16)27)25-22-24-9-7-21(26-22)28-12-10-23-18-3-1-2-4-20(18)28/h1-9,11,15,23,29H,10,12-14H2,(H,24,25,26). The summed E-state index contributed by atoms with van der Waals surface area (Å²) in [4.78, 5) is 11.3. The summed E-state index contributed by atoms with van der Waals surface area (Å²) in [7, 11) is 0. The molecule has 1 aliphatic heterocycles. The van der Waals surface area contributed by atoms with E-state index in [-0.39, 0.29) is 6.61 Å². The Morgan fingerprint density at radius 3 is 2.97 bits per heavy atom. The van der Waals surface area contributed by atoms with Crippen LogP contribution in [0.5, 0.6) is 0 Å². The largest absolute Gasteiger partial charge is 0.395 e. The van der Waals surface area contributed by atoms with Crippen molar-refractivity contribution < 1.29 is 5.11 Å². The fourth-order valence-corrected chi connectivity index (χ4v) is 3.79. The molecule has 7 nitrogen and oxygen atoms in total. The van der Waals surface area contributed by atoms with E-state index in [0.29, 0.717) is 12.5 Å². The second kappa shape index (κ2) is 7.44. The molecule has 146 valence electrons. The lowest BCUT2D eigenvalue weighted by Gasteiger charge is -2.31. The smallest absolute Gasteiger partial charge is 0.229 e. The van der Waals surface area contributed by atoms with E-state index in [1.54, 1.807) is 6.20 Å². The van der Waals surface area contributed by atoms with Gasteiger partial charge in [-0.05, 0) is 42.5 Å². The molecule has 2 aromatic heterocycles. The molecule has 2 aromatic carbocycles. The first-order valence-corrected chi connectivity index (χ1v) is 9.72. The van der Waals surface area contributed by atoms with Crippen LogP contribution in [0.25, 0.3) is 10.9 Å². The Morgan fingerprint density at radius 2 is 2.03 bits per heavy atom. The van der Waals surface area contributed by atoms with Crippen molar-refractivity contribution in [1.82, 2.24) is 14.5 Å². The number of rotatable bonds is 5. The van der Waals surface area contributed by atoms with Gasteiger partial charge in [0.05, 0.1) is 18.0 Å². The zero-order valence-electron chi connectivity index (χ0n) is 15.9. The predicted molar refractivity (Wildman–Crippen MR) is 116 cm³/mol. The molecule has 3 N–H and O–H groups in total. The highest BCUT2D eigenvalue weighted by molar-refractivity contribution is 5.84. The van der Waals surface area contributed by atoms with Crippen molar-refractivity contribution in [2.75, 3.05) is 35.2 Å². The molecule has 0 fully saturated rings. The third-order valence-electron chi connectivity index (χ3n) is 5.13. The van der Waals surface area contributed by atoms with Crippen LogP contribution in [0.15, 0.2) is 67.0 Å². The first kappa shape index (κ1) is 17.5. The number of fused-ring (bicyclic) bond motifs is 2. The number of hydrogen-bond donors (Lipinski definition) is 3. The predicted octanol–water partition coefficient (Wildman–Crippen LogP) is 3.73. The lowest BCUT2D eigenvalue weighted by Crippen LogP contribution is -2.30. The van der Waals surface area contributed by atoms with Crippen LogP contribution in [-0.4, -0.2) is 39.3 Å². The molecule has 0 saturated heterocycles. The van der Waals surface area contributed by atoms with Gasteiger partial charge in [-0.1, -0.05) is 12.1 Å². The van der Waals surface area contributed by atoms with Gasteiger partial charge in [-0.2, -0.15) is 4.98 Å². The van der Waals surface area contributed by atoms with Crippen molar-refractivity contribution in [2.45, 2.75) is 6.54 Å². The molecule has 4 aromatic rings. The minimum Gasteiger partial charge on any atom is -0.395 e. The maximum atomic E-state index is 9.18. The minimum atomic E-state index is 0.125. The Morgan fingerprint density at radius 1 is 1.10 bits per heavy atom. The molecule has 0 unspecified atom stereocenters. The Kier molecular flexibility index (Phi) is 4.50. The second-order valence-electron chi connectivity index (χ2n) is 6.97. The number of aliphatic hydroxyl groups excluding tert-OH is 1. The molecule has 7 heteroatoms. The van der Waals surface area contributed by atoms with Crippen molar-refractivity contribution in [3.05, 3.63) is 67.0 Å². The van der Waals surface area contributed by atoms with Gasteiger partial charge in [0.1, 0.15) is 5.82 Å². The van der Waals surface area contributed by atoms with Gasteiger partial charge in [0.25, 0.3) is 0 Å². The molecule has 0 bridgehead atoms. The summed E-state index contributed by atoms with van der Waals surface area (Å²) in [6.45, 7) is 2.43. The zero-order valence-corrected chi connectivity index (χ0v) is 15.9. The van der Waals surface area contributed by atoms with E-state index in [0.717, 1.165) is 46.9 Å². The topological polar surface area (TPSA) is 78.2 Å². The number of para-hydroxylation sites is 2. The summed E-state index contributed by atoms with van der Waals surface area (Å²) >= 11 is 0. The molecule has 29 heavy (non-hydrogen) atoms. The molecule has 0 atom stereocenters. The third-order valence-corrected chi connectivity index (χ3v) is 5.13. The van der Waals surface area contributed by atoms with Crippen molar-refractivity contribution in [3.8, 4) is 0 Å². The van der Waals surface area contributed by atoms with Crippen LogP contribution >= 0.6 is 0 Å². The Hall–Kier alpha value is -3.58. The highest BCUT2D eigenvalue weighted by atomic mass is 16.3. The number of hydrogen-bond acceptors (Lipinski definition) is 6. The van der Waals surface area contributed by atoms with E-state index in [4.69, 9.17) is 4.98 Å². The molecule has 0 radical (unpaired) electrons. The quantitative estimate of drug-likeness (QED) is 0.485. The second-order valence-corrected chi connectivity index (χ2v) is 6.97. The molecular weight excluding hydrogens is 364 g/mol. The van der Waals surface area contributed by atoms with Gasteiger partial charge in [-0.3, -0.25) is 0 Å². The number of nitrogens with one attached hydrogen (secondary N) is 2. The van der Waals surface area contributed by atoms with Crippen LogP contribution in [0.1, 0.15) is 0 Å². The lowest BCUT2D eigenvalue weighted by atomic mass is 10.2. The average molecular weight is 386 g/mol. The molecule has 1 aliphatic rings. The van der Waals surface area contributed by atoms with Crippen LogP contribution in [-0.2, 0) is 6.54 Å². The summed E-state index contributed by atoms with van der Waals surface area (Å²) in [5.41, 5.74) is 4.26. The fraction of sp³-hybridized carbons (Fsp3) is 0.182. The number of anilines is 5. The summed E-state index contributed by atoms with van der Waals surface area (Å²) in [6.07, 6.45) is 3.77. The molecule has 0 spiro atoms. The molecule has 0 amide bonds. The van der Waals surface area contributed by atoms with Gasteiger partial charge in [0.2, 0.25) is 5.95 Å². The number of aromatic nitrogens is 3. The molecule has 5 rings (SSSR count). The van der Waals surface area contributed by atoms with E-state index in [1.807, 2.05) is 47.2 Å². The monoisotopic (exact) mass is 386 g/mol. The third kappa shape index (κ3) is 3.36.